The monoisotopic (exact) mass is 457 g/mol. The maximum atomic E-state index is 11.9. The predicted molar refractivity (Wildman–Crippen MR) is 119 cm³/mol. The summed E-state index contributed by atoms with van der Waals surface area (Å²) in [6.07, 6.45) is 8.79. The van der Waals surface area contributed by atoms with E-state index in [9.17, 15) is 18.3 Å². The van der Waals surface area contributed by atoms with Crippen LogP contribution in [0.4, 0.5) is 0 Å². The number of rotatable bonds is 11. The molecule has 1 heterocycles. The zero-order chi connectivity index (χ0) is 23.3. The normalized spacial score (nSPS) is 18.3. The van der Waals surface area contributed by atoms with Gasteiger partial charge in [-0.2, -0.15) is 4.98 Å². The van der Waals surface area contributed by atoms with Crippen LogP contribution in [0.2, 0.25) is 0 Å². The summed E-state index contributed by atoms with van der Waals surface area (Å²) in [5, 5.41) is 12.7. The van der Waals surface area contributed by atoms with Crippen LogP contribution < -0.4 is 4.72 Å². The molecule has 2 N–H and O–H groups in total. The summed E-state index contributed by atoms with van der Waals surface area (Å²) in [7, 11) is -3.44. The van der Waals surface area contributed by atoms with E-state index in [4.69, 9.17) is 4.52 Å². The van der Waals surface area contributed by atoms with E-state index in [0.29, 0.717) is 6.42 Å². The SMILES string of the molecule is CC(C)S(=O)(=O)NCc1noc([C@H](CCCC2(C(C)(C)C)CCCCC2)CC(=O)O)n1. The van der Waals surface area contributed by atoms with E-state index in [1.54, 1.807) is 13.8 Å². The molecular formula is C22H39N3O5S. The van der Waals surface area contributed by atoms with Crippen molar-refractivity contribution in [1.29, 1.82) is 0 Å². The molecule has 31 heavy (non-hydrogen) atoms. The minimum atomic E-state index is -3.44. The Morgan fingerprint density at radius 3 is 2.42 bits per heavy atom. The van der Waals surface area contributed by atoms with Crippen molar-refractivity contribution < 1.29 is 22.8 Å². The minimum absolute atomic E-state index is 0.0725. The van der Waals surface area contributed by atoms with Gasteiger partial charge in [-0.1, -0.05) is 51.6 Å². The maximum absolute atomic E-state index is 11.9. The number of sulfonamides is 1. The largest absolute Gasteiger partial charge is 0.481 e. The molecule has 178 valence electrons. The standard InChI is InChI=1S/C22H39N3O5S/c1-16(2)31(28,29)23-15-18-24-20(30-25-18)17(14-19(26)27)10-9-13-22(21(3,4)5)11-7-6-8-12-22/h16-17,23H,6-15H2,1-5H3,(H,26,27)/t17-/m1/s1. The molecule has 1 aliphatic carbocycles. The third-order valence-electron chi connectivity index (χ3n) is 6.92. The van der Waals surface area contributed by atoms with E-state index < -0.39 is 21.2 Å². The first kappa shape index (κ1) is 25.8. The van der Waals surface area contributed by atoms with Crippen molar-refractivity contribution in [2.75, 3.05) is 0 Å². The molecule has 8 nitrogen and oxygen atoms in total. The summed E-state index contributed by atoms with van der Waals surface area (Å²) >= 11 is 0. The number of carbonyl (C=O) groups is 1. The lowest BCUT2D eigenvalue weighted by Gasteiger charge is -2.48. The van der Waals surface area contributed by atoms with Crippen molar-refractivity contribution in [1.82, 2.24) is 14.9 Å². The minimum Gasteiger partial charge on any atom is -0.481 e. The van der Waals surface area contributed by atoms with Crippen LogP contribution in [0.3, 0.4) is 0 Å². The van der Waals surface area contributed by atoms with E-state index in [-0.39, 0.29) is 41.4 Å². The Morgan fingerprint density at radius 1 is 1.23 bits per heavy atom. The highest BCUT2D eigenvalue weighted by Crippen LogP contribution is 2.53. The van der Waals surface area contributed by atoms with Gasteiger partial charge in [-0.15, -0.1) is 0 Å². The molecule has 9 heteroatoms. The van der Waals surface area contributed by atoms with Crippen LogP contribution in [0, 0.1) is 10.8 Å². The highest BCUT2D eigenvalue weighted by Gasteiger charge is 2.42. The summed E-state index contributed by atoms with van der Waals surface area (Å²) in [5.41, 5.74) is 0.495. The predicted octanol–water partition coefficient (Wildman–Crippen LogP) is 4.62. The number of carboxylic acids is 1. The maximum Gasteiger partial charge on any atom is 0.304 e. The van der Waals surface area contributed by atoms with Crippen molar-refractivity contribution in [2.45, 2.75) is 110 Å². The van der Waals surface area contributed by atoms with E-state index in [1.807, 2.05) is 0 Å². The summed E-state index contributed by atoms with van der Waals surface area (Å²) in [6.45, 7) is 10.0. The first-order valence-corrected chi connectivity index (χ1v) is 12.9. The molecule has 0 saturated heterocycles. The molecule has 0 radical (unpaired) electrons. The van der Waals surface area contributed by atoms with Crippen LogP contribution >= 0.6 is 0 Å². The highest BCUT2D eigenvalue weighted by molar-refractivity contribution is 7.90. The van der Waals surface area contributed by atoms with Gasteiger partial charge in [0.1, 0.15) is 0 Å². The van der Waals surface area contributed by atoms with Gasteiger partial charge in [0.05, 0.1) is 18.2 Å². The molecule has 1 aromatic rings. The Morgan fingerprint density at radius 2 is 1.87 bits per heavy atom. The second-order valence-electron chi connectivity index (χ2n) is 10.2. The molecule has 0 amide bonds. The summed E-state index contributed by atoms with van der Waals surface area (Å²) in [4.78, 5) is 15.7. The highest BCUT2D eigenvalue weighted by atomic mass is 32.2. The van der Waals surface area contributed by atoms with Crippen LogP contribution in [0.5, 0.6) is 0 Å². The van der Waals surface area contributed by atoms with Crippen molar-refractivity contribution >= 4 is 16.0 Å². The smallest absolute Gasteiger partial charge is 0.304 e. The summed E-state index contributed by atoms with van der Waals surface area (Å²) < 4.78 is 31.6. The van der Waals surface area contributed by atoms with E-state index in [2.05, 4.69) is 35.6 Å². The average Bonchev–Trinajstić information content (AvgIpc) is 3.14. The second kappa shape index (κ2) is 10.4. The quantitative estimate of drug-likeness (QED) is 0.497. The van der Waals surface area contributed by atoms with Gasteiger partial charge in [0, 0.05) is 5.92 Å². The lowest BCUT2D eigenvalue weighted by molar-refractivity contribution is -0.137. The Bertz CT molecular complexity index is 820. The fourth-order valence-corrected chi connectivity index (χ4v) is 5.31. The van der Waals surface area contributed by atoms with Gasteiger partial charge in [-0.05, 0) is 50.4 Å². The van der Waals surface area contributed by atoms with Gasteiger partial charge in [0.15, 0.2) is 5.82 Å². The number of hydrogen-bond donors (Lipinski definition) is 2. The fourth-order valence-electron chi connectivity index (χ4n) is 4.65. The van der Waals surface area contributed by atoms with Crippen LogP contribution in [0.1, 0.15) is 110 Å². The fraction of sp³-hybridized carbons (Fsp3) is 0.864. The number of carboxylic acid groups (broad SMARTS) is 1. The molecule has 1 fully saturated rings. The molecule has 0 bridgehead atoms. The third-order valence-corrected chi connectivity index (χ3v) is 8.70. The van der Waals surface area contributed by atoms with Gasteiger partial charge >= 0.3 is 5.97 Å². The molecule has 0 unspecified atom stereocenters. The number of nitrogens with one attached hydrogen (secondary N) is 1. The first-order chi connectivity index (χ1) is 14.4. The molecule has 2 rings (SSSR count). The molecule has 1 saturated carbocycles. The molecule has 0 aliphatic heterocycles. The van der Waals surface area contributed by atoms with Gasteiger partial charge in [-0.3, -0.25) is 4.79 Å². The molecule has 1 aliphatic rings. The van der Waals surface area contributed by atoms with Gasteiger partial charge in [-0.25, -0.2) is 13.1 Å². The number of hydrogen-bond acceptors (Lipinski definition) is 6. The number of aliphatic carboxylic acids is 1. The van der Waals surface area contributed by atoms with E-state index >= 15 is 0 Å². The van der Waals surface area contributed by atoms with Gasteiger partial charge in [0.2, 0.25) is 15.9 Å². The Labute approximate surface area is 186 Å². The summed E-state index contributed by atoms with van der Waals surface area (Å²) in [6, 6.07) is 0. The Hall–Kier alpha value is -1.48. The lowest BCUT2D eigenvalue weighted by atomic mass is 9.57. The van der Waals surface area contributed by atoms with Crippen LogP contribution in [-0.2, 0) is 21.4 Å². The second-order valence-corrected chi connectivity index (χ2v) is 12.6. The molecule has 0 aromatic carbocycles. The van der Waals surface area contributed by atoms with Crippen LogP contribution in [-0.4, -0.2) is 34.9 Å². The zero-order valence-corrected chi connectivity index (χ0v) is 20.4. The molecular weight excluding hydrogens is 418 g/mol. The third kappa shape index (κ3) is 7.00. The Kier molecular flexibility index (Phi) is 8.67. The van der Waals surface area contributed by atoms with Gasteiger partial charge < -0.3 is 9.63 Å². The van der Waals surface area contributed by atoms with Gasteiger partial charge in [0.25, 0.3) is 0 Å². The number of nitrogens with zero attached hydrogens (tertiary/aromatic N) is 2. The van der Waals surface area contributed by atoms with Crippen LogP contribution in [0.15, 0.2) is 4.52 Å². The Balaban J connectivity index is 2.04. The van der Waals surface area contributed by atoms with Crippen molar-refractivity contribution in [2.24, 2.45) is 10.8 Å². The topological polar surface area (TPSA) is 122 Å². The van der Waals surface area contributed by atoms with Crippen LogP contribution in [0.25, 0.3) is 0 Å². The van der Waals surface area contributed by atoms with Crippen molar-refractivity contribution in [3.63, 3.8) is 0 Å². The molecule has 1 atom stereocenters. The molecule has 0 spiro atoms. The lowest BCUT2D eigenvalue weighted by Crippen LogP contribution is -2.37. The zero-order valence-electron chi connectivity index (χ0n) is 19.6. The molecule has 1 aromatic heterocycles. The average molecular weight is 458 g/mol. The summed E-state index contributed by atoms with van der Waals surface area (Å²) in [5.74, 6) is -0.794. The van der Waals surface area contributed by atoms with E-state index in [1.165, 1.54) is 32.1 Å². The number of aromatic nitrogens is 2. The first-order valence-electron chi connectivity index (χ1n) is 11.4. The van der Waals surface area contributed by atoms with Crippen molar-refractivity contribution in [3.05, 3.63) is 11.7 Å². The van der Waals surface area contributed by atoms with E-state index in [0.717, 1.165) is 12.8 Å². The van der Waals surface area contributed by atoms with Crippen molar-refractivity contribution in [3.8, 4) is 0 Å².